The standard InChI is InChI=1S/C14H16O/c1-5-13(10-11(2)3)15-14-8-6-12(4)7-9-14/h5-10H,1-2H2,3-4H3/b13-10+. The van der Waals surface area contributed by atoms with Crippen molar-refractivity contribution in [1.82, 2.24) is 0 Å². The second-order valence-corrected chi connectivity index (χ2v) is 3.51. The minimum absolute atomic E-state index is 0.714. The van der Waals surface area contributed by atoms with Crippen molar-refractivity contribution < 1.29 is 4.74 Å². The number of allylic oxidation sites excluding steroid dienone is 3. The van der Waals surface area contributed by atoms with E-state index >= 15 is 0 Å². The maximum Gasteiger partial charge on any atom is 0.127 e. The highest BCUT2D eigenvalue weighted by Crippen LogP contribution is 2.15. The molecule has 1 nitrogen and oxygen atoms in total. The third-order valence-electron chi connectivity index (χ3n) is 1.85. The summed E-state index contributed by atoms with van der Waals surface area (Å²) in [6, 6.07) is 7.89. The molecule has 1 aromatic carbocycles. The highest BCUT2D eigenvalue weighted by atomic mass is 16.5. The van der Waals surface area contributed by atoms with Gasteiger partial charge in [-0.2, -0.15) is 0 Å². The molecule has 0 aromatic heterocycles. The van der Waals surface area contributed by atoms with E-state index in [-0.39, 0.29) is 0 Å². The van der Waals surface area contributed by atoms with E-state index in [1.54, 1.807) is 6.08 Å². The van der Waals surface area contributed by atoms with Crippen molar-refractivity contribution in [2.45, 2.75) is 13.8 Å². The van der Waals surface area contributed by atoms with Crippen LogP contribution in [0, 0.1) is 6.92 Å². The summed E-state index contributed by atoms with van der Waals surface area (Å²) in [5.74, 6) is 1.53. The summed E-state index contributed by atoms with van der Waals surface area (Å²) in [6.45, 7) is 11.5. The molecule has 0 saturated carbocycles. The highest BCUT2D eigenvalue weighted by Gasteiger charge is 1.96. The number of aryl methyl sites for hydroxylation is 1. The van der Waals surface area contributed by atoms with Gasteiger partial charge < -0.3 is 4.74 Å². The first-order valence-corrected chi connectivity index (χ1v) is 4.86. The van der Waals surface area contributed by atoms with Crippen LogP contribution in [0.4, 0.5) is 0 Å². The molecule has 78 valence electrons. The zero-order chi connectivity index (χ0) is 11.3. The Morgan fingerprint density at radius 1 is 1.27 bits per heavy atom. The van der Waals surface area contributed by atoms with Gasteiger partial charge in [0, 0.05) is 0 Å². The zero-order valence-corrected chi connectivity index (χ0v) is 9.29. The molecule has 0 aliphatic rings. The van der Waals surface area contributed by atoms with Gasteiger partial charge in [0.15, 0.2) is 0 Å². The lowest BCUT2D eigenvalue weighted by Gasteiger charge is -2.06. The van der Waals surface area contributed by atoms with Crippen molar-refractivity contribution >= 4 is 0 Å². The fourth-order valence-corrected chi connectivity index (χ4v) is 1.12. The predicted octanol–water partition coefficient (Wildman–Crippen LogP) is 4.02. The summed E-state index contributed by atoms with van der Waals surface area (Å²) in [4.78, 5) is 0. The molecule has 15 heavy (non-hydrogen) atoms. The largest absolute Gasteiger partial charge is 0.457 e. The Kier molecular flexibility index (Phi) is 3.92. The lowest BCUT2D eigenvalue weighted by molar-refractivity contribution is 0.444. The maximum atomic E-state index is 5.61. The van der Waals surface area contributed by atoms with Crippen molar-refractivity contribution in [2.24, 2.45) is 0 Å². The van der Waals surface area contributed by atoms with Crippen molar-refractivity contribution in [3.8, 4) is 5.75 Å². The Balaban J connectivity index is 2.80. The average Bonchev–Trinajstić information content (AvgIpc) is 2.19. The second kappa shape index (κ2) is 5.20. The Labute approximate surface area is 91.4 Å². The van der Waals surface area contributed by atoms with E-state index < -0.39 is 0 Å². The smallest absolute Gasteiger partial charge is 0.127 e. The van der Waals surface area contributed by atoms with Crippen LogP contribution < -0.4 is 4.74 Å². The molecule has 1 rings (SSSR count). The Bertz CT molecular complexity index is 382. The monoisotopic (exact) mass is 200 g/mol. The third-order valence-corrected chi connectivity index (χ3v) is 1.85. The van der Waals surface area contributed by atoms with E-state index in [1.165, 1.54) is 5.56 Å². The quantitative estimate of drug-likeness (QED) is 0.527. The Hall–Kier alpha value is -1.76. The van der Waals surface area contributed by atoms with Crippen LogP contribution in [-0.2, 0) is 0 Å². The van der Waals surface area contributed by atoms with Gasteiger partial charge in [-0.05, 0) is 38.1 Å². The van der Waals surface area contributed by atoms with Gasteiger partial charge in [-0.15, -0.1) is 0 Å². The van der Waals surface area contributed by atoms with Crippen LogP contribution in [0.1, 0.15) is 12.5 Å². The predicted molar refractivity (Wildman–Crippen MR) is 64.9 cm³/mol. The molecular formula is C14H16O. The van der Waals surface area contributed by atoms with E-state index in [0.717, 1.165) is 11.3 Å². The van der Waals surface area contributed by atoms with Crippen molar-refractivity contribution in [1.29, 1.82) is 0 Å². The molecule has 0 aliphatic carbocycles. The molecule has 0 heterocycles. The van der Waals surface area contributed by atoms with Crippen LogP contribution in [0.15, 0.2) is 60.9 Å². The van der Waals surface area contributed by atoms with E-state index in [0.29, 0.717) is 5.76 Å². The van der Waals surface area contributed by atoms with E-state index in [2.05, 4.69) is 13.2 Å². The van der Waals surface area contributed by atoms with Crippen molar-refractivity contribution in [3.63, 3.8) is 0 Å². The molecular weight excluding hydrogens is 184 g/mol. The maximum absolute atomic E-state index is 5.61. The normalized spacial score (nSPS) is 10.9. The van der Waals surface area contributed by atoms with Crippen molar-refractivity contribution in [3.05, 3.63) is 66.5 Å². The molecule has 0 saturated heterocycles. The van der Waals surface area contributed by atoms with Gasteiger partial charge in [-0.3, -0.25) is 0 Å². The van der Waals surface area contributed by atoms with Gasteiger partial charge >= 0.3 is 0 Å². The van der Waals surface area contributed by atoms with E-state index in [1.807, 2.05) is 44.2 Å². The molecule has 0 aliphatic heterocycles. The highest BCUT2D eigenvalue weighted by molar-refractivity contribution is 5.31. The minimum atomic E-state index is 0.714. The van der Waals surface area contributed by atoms with Crippen LogP contribution in [0.2, 0.25) is 0 Å². The fraction of sp³-hybridized carbons (Fsp3) is 0.143. The molecule has 0 bridgehead atoms. The van der Waals surface area contributed by atoms with Crippen LogP contribution in [0.5, 0.6) is 5.75 Å². The summed E-state index contributed by atoms with van der Waals surface area (Å²) >= 11 is 0. The van der Waals surface area contributed by atoms with Gasteiger partial charge in [0.05, 0.1) is 0 Å². The van der Waals surface area contributed by atoms with Crippen LogP contribution in [0.25, 0.3) is 0 Å². The summed E-state index contributed by atoms with van der Waals surface area (Å²) < 4.78 is 5.61. The topological polar surface area (TPSA) is 9.23 Å². The van der Waals surface area contributed by atoms with Gasteiger partial charge in [0.1, 0.15) is 11.5 Å². The summed E-state index contributed by atoms with van der Waals surface area (Å²) in [7, 11) is 0. The van der Waals surface area contributed by atoms with E-state index in [4.69, 9.17) is 4.74 Å². The molecule has 0 amide bonds. The number of hydrogen-bond donors (Lipinski definition) is 0. The lowest BCUT2D eigenvalue weighted by atomic mass is 10.2. The van der Waals surface area contributed by atoms with Crippen LogP contribution in [-0.4, -0.2) is 0 Å². The minimum Gasteiger partial charge on any atom is -0.457 e. The molecule has 0 fully saturated rings. The number of rotatable bonds is 4. The zero-order valence-electron chi connectivity index (χ0n) is 9.29. The van der Waals surface area contributed by atoms with Gasteiger partial charge in [0.2, 0.25) is 0 Å². The molecule has 0 unspecified atom stereocenters. The SMILES string of the molecule is C=C/C(=C\C(=C)C)Oc1ccc(C)cc1. The molecule has 0 spiro atoms. The van der Waals surface area contributed by atoms with Gasteiger partial charge in [-0.25, -0.2) is 0 Å². The fourth-order valence-electron chi connectivity index (χ4n) is 1.12. The molecule has 0 atom stereocenters. The Morgan fingerprint density at radius 3 is 2.33 bits per heavy atom. The summed E-state index contributed by atoms with van der Waals surface area (Å²) in [5.41, 5.74) is 2.16. The number of benzene rings is 1. The van der Waals surface area contributed by atoms with Gasteiger partial charge in [0.25, 0.3) is 0 Å². The summed E-state index contributed by atoms with van der Waals surface area (Å²) in [6.07, 6.45) is 3.53. The molecule has 0 N–H and O–H groups in total. The summed E-state index contributed by atoms with van der Waals surface area (Å²) in [5, 5.41) is 0. The molecule has 1 heteroatoms. The second-order valence-electron chi connectivity index (χ2n) is 3.51. The first-order chi connectivity index (χ1) is 7.11. The van der Waals surface area contributed by atoms with Gasteiger partial charge in [-0.1, -0.05) is 36.4 Å². The Morgan fingerprint density at radius 2 is 1.87 bits per heavy atom. The van der Waals surface area contributed by atoms with Crippen LogP contribution >= 0.6 is 0 Å². The average molecular weight is 200 g/mol. The lowest BCUT2D eigenvalue weighted by Crippen LogP contribution is -1.92. The third kappa shape index (κ3) is 3.86. The number of hydrogen-bond acceptors (Lipinski definition) is 1. The number of ether oxygens (including phenoxy) is 1. The molecule has 0 radical (unpaired) electrons. The first-order valence-electron chi connectivity index (χ1n) is 4.86. The van der Waals surface area contributed by atoms with E-state index in [9.17, 15) is 0 Å². The molecule has 1 aromatic rings. The van der Waals surface area contributed by atoms with Crippen LogP contribution in [0.3, 0.4) is 0 Å². The first kappa shape index (κ1) is 11.3. The van der Waals surface area contributed by atoms with Crippen molar-refractivity contribution in [2.75, 3.05) is 0 Å².